The number of nitrogens with zero attached hydrogens (tertiary/aromatic N) is 7. The van der Waals surface area contributed by atoms with E-state index in [2.05, 4.69) is 36.8 Å². The van der Waals surface area contributed by atoms with Crippen molar-refractivity contribution in [3.8, 4) is 0 Å². The number of aromatic nitrogens is 4. The van der Waals surface area contributed by atoms with E-state index in [-0.39, 0.29) is 6.04 Å². The van der Waals surface area contributed by atoms with Gasteiger partial charge in [0, 0.05) is 52.0 Å². The SMILES string of the molecule is Cc1cc(N(C)C)nc(N2CCN(C(C)c3nc(C)no3)CC2)n1. The van der Waals surface area contributed by atoms with Crippen LogP contribution in [0.3, 0.4) is 0 Å². The molecule has 8 heteroatoms. The molecule has 0 spiro atoms. The molecule has 3 heterocycles. The molecule has 8 nitrogen and oxygen atoms in total. The van der Waals surface area contributed by atoms with Gasteiger partial charge in [-0.3, -0.25) is 4.90 Å². The monoisotopic (exact) mass is 331 g/mol. The fraction of sp³-hybridized carbons (Fsp3) is 0.625. The Bertz CT molecular complexity index is 691. The molecule has 0 bridgehead atoms. The molecule has 1 unspecified atom stereocenters. The second kappa shape index (κ2) is 6.72. The van der Waals surface area contributed by atoms with Crippen LogP contribution < -0.4 is 9.80 Å². The number of aryl methyl sites for hydroxylation is 2. The van der Waals surface area contributed by atoms with E-state index in [0.29, 0.717) is 11.7 Å². The Hall–Kier alpha value is -2.22. The Balaban J connectivity index is 1.67. The molecule has 0 saturated carbocycles. The smallest absolute Gasteiger partial charge is 0.243 e. The summed E-state index contributed by atoms with van der Waals surface area (Å²) in [7, 11) is 4.00. The van der Waals surface area contributed by atoms with Crippen LogP contribution in [-0.2, 0) is 0 Å². The van der Waals surface area contributed by atoms with Crippen molar-refractivity contribution < 1.29 is 4.52 Å². The maximum absolute atomic E-state index is 5.30. The molecule has 1 saturated heterocycles. The van der Waals surface area contributed by atoms with Crippen LogP contribution >= 0.6 is 0 Å². The molecule has 0 amide bonds. The zero-order valence-electron chi connectivity index (χ0n) is 15.0. The van der Waals surface area contributed by atoms with Crippen molar-refractivity contribution in [3.63, 3.8) is 0 Å². The minimum Gasteiger partial charge on any atom is -0.363 e. The standard InChI is InChI=1S/C16H25N7O/c1-11-10-14(21(4)5)19-16(17-11)23-8-6-22(7-9-23)12(2)15-18-13(3)20-24-15/h10,12H,6-9H2,1-5H3. The summed E-state index contributed by atoms with van der Waals surface area (Å²) >= 11 is 0. The number of hydrogen-bond donors (Lipinski definition) is 0. The highest BCUT2D eigenvalue weighted by atomic mass is 16.5. The molecule has 2 aromatic rings. The maximum Gasteiger partial charge on any atom is 0.243 e. The van der Waals surface area contributed by atoms with Crippen molar-refractivity contribution in [2.45, 2.75) is 26.8 Å². The minimum atomic E-state index is 0.129. The van der Waals surface area contributed by atoms with Gasteiger partial charge in [0.15, 0.2) is 5.82 Å². The van der Waals surface area contributed by atoms with Gasteiger partial charge in [0.2, 0.25) is 11.8 Å². The summed E-state index contributed by atoms with van der Waals surface area (Å²) < 4.78 is 5.30. The number of rotatable bonds is 4. The van der Waals surface area contributed by atoms with E-state index in [1.807, 2.05) is 38.9 Å². The van der Waals surface area contributed by atoms with Gasteiger partial charge in [0.25, 0.3) is 0 Å². The van der Waals surface area contributed by atoms with Gasteiger partial charge in [-0.2, -0.15) is 9.97 Å². The molecule has 0 radical (unpaired) electrons. The van der Waals surface area contributed by atoms with Crippen LogP contribution in [0.4, 0.5) is 11.8 Å². The van der Waals surface area contributed by atoms with Gasteiger partial charge < -0.3 is 14.3 Å². The van der Waals surface area contributed by atoms with Gasteiger partial charge in [0.05, 0.1) is 6.04 Å². The summed E-state index contributed by atoms with van der Waals surface area (Å²) in [5.74, 6) is 3.11. The van der Waals surface area contributed by atoms with Crippen LogP contribution in [0.5, 0.6) is 0 Å². The van der Waals surface area contributed by atoms with E-state index < -0.39 is 0 Å². The first-order valence-electron chi connectivity index (χ1n) is 8.26. The highest BCUT2D eigenvalue weighted by Gasteiger charge is 2.26. The van der Waals surface area contributed by atoms with Crippen LogP contribution in [0.2, 0.25) is 0 Å². The molecular formula is C16H25N7O. The summed E-state index contributed by atoms with van der Waals surface area (Å²) in [5.41, 5.74) is 0.987. The quantitative estimate of drug-likeness (QED) is 0.833. The van der Waals surface area contributed by atoms with Crippen LogP contribution in [-0.4, -0.2) is 65.3 Å². The zero-order valence-corrected chi connectivity index (χ0v) is 15.0. The average Bonchev–Trinajstić information content (AvgIpc) is 3.00. The predicted octanol–water partition coefficient (Wildman–Crippen LogP) is 1.43. The summed E-state index contributed by atoms with van der Waals surface area (Å²) in [6.07, 6.45) is 0. The van der Waals surface area contributed by atoms with Crippen LogP contribution in [0.15, 0.2) is 10.6 Å². The number of piperazine rings is 1. The molecule has 0 aliphatic carbocycles. The summed E-state index contributed by atoms with van der Waals surface area (Å²) in [6, 6.07) is 2.13. The Morgan fingerprint density at radius 1 is 1.08 bits per heavy atom. The van der Waals surface area contributed by atoms with Crippen molar-refractivity contribution in [3.05, 3.63) is 23.5 Å². The van der Waals surface area contributed by atoms with E-state index in [4.69, 9.17) is 4.52 Å². The van der Waals surface area contributed by atoms with Crippen molar-refractivity contribution in [2.24, 2.45) is 0 Å². The third kappa shape index (κ3) is 3.48. The zero-order chi connectivity index (χ0) is 17.3. The lowest BCUT2D eigenvalue weighted by molar-refractivity contribution is 0.163. The molecule has 1 aliphatic rings. The Labute approximate surface area is 142 Å². The third-order valence-electron chi connectivity index (χ3n) is 4.33. The van der Waals surface area contributed by atoms with Crippen LogP contribution in [0.1, 0.15) is 30.4 Å². The summed E-state index contributed by atoms with van der Waals surface area (Å²) in [5, 5.41) is 3.88. The predicted molar refractivity (Wildman–Crippen MR) is 92.3 cm³/mol. The Kier molecular flexibility index (Phi) is 4.66. The first kappa shape index (κ1) is 16.6. The third-order valence-corrected chi connectivity index (χ3v) is 4.33. The average molecular weight is 331 g/mol. The van der Waals surface area contributed by atoms with E-state index in [1.54, 1.807) is 0 Å². The molecule has 24 heavy (non-hydrogen) atoms. The van der Waals surface area contributed by atoms with Gasteiger partial charge in [-0.15, -0.1) is 0 Å². The van der Waals surface area contributed by atoms with Gasteiger partial charge in [-0.1, -0.05) is 5.16 Å². The number of anilines is 2. The lowest BCUT2D eigenvalue weighted by atomic mass is 10.2. The molecule has 0 N–H and O–H groups in total. The van der Waals surface area contributed by atoms with Crippen molar-refractivity contribution in [1.29, 1.82) is 0 Å². The molecule has 1 fully saturated rings. The van der Waals surface area contributed by atoms with E-state index in [9.17, 15) is 0 Å². The van der Waals surface area contributed by atoms with E-state index in [0.717, 1.165) is 43.6 Å². The van der Waals surface area contributed by atoms with Gasteiger partial charge >= 0.3 is 0 Å². The summed E-state index contributed by atoms with van der Waals surface area (Å²) in [6.45, 7) is 9.55. The normalized spacial score (nSPS) is 17.1. The Morgan fingerprint density at radius 2 is 1.79 bits per heavy atom. The molecule has 130 valence electrons. The van der Waals surface area contributed by atoms with Gasteiger partial charge in [-0.05, 0) is 20.8 Å². The minimum absolute atomic E-state index is 0.129. The van der Waals surface area contributed by atoms with Gasteiger partial charge in [-0.25, -0.2) is 4.98 Å². The first-order valence-corrected chi connectivity index (χ1v) is 8.26. The number of hydrogen-bond acceptors (Lipinski definition) is 8. The molecular weight excluding hydrogens is 306 g/mol. The van der Waals surface area contributed by atoms with Crippen molar-refractivity contribution >= 4 is 11.8 Å². The van der Waals surface area contributed by atoms with Crippen molar-refractivity contribution in [1.82, 2.24) is 25.0 Å². The molecule has 2 aromatic heterocycles. The van der Waals surface area contributed by atoms with E-state index >= 15 is 0 Å². The Morgan fingerprint density at radius 3 is 2.38 bits per heavy atom. The molecule has 0 aromatic carbocycles. The highest BCUT2D eigenvalue weighted by Crippen LogP contribution is 2.22. The maximum atomic E-state index is 5.30. The molecule has 3 rings (SSSR count). The second-order valence-corrected chi connectivity index (χ2v) is 6.44. The van der Waals surface area contributed by atoms with Crippen LogP contribution in [0.25, 0.3) is 0 Å². The molecule has 1 aliphatic heterocycles. The fourth-order valence-electron chi connectivity index (χ4n) is 2.86. The lowest BCUT2D eigenvalue weighted by Crippen LogP contribution is -2.47. The lowest BCUT2D eigenvalue weighted by Gasteiger charge is -2.37. The topological polar surface area (TPSA) is 74.4 Å². The first-order chi connectivity index (χ1) is 11.4. The highest BCUT2D eigenvalue weighted by molar-refractivity contribution is 5.45. The van der Waals surface area contributed by atoms with E-state index in [1.165, 1.54) is 0 Å². The summed E-state index contributed by atoms with van der Waals surface area (Å²) in [4.78, 5) is 20.2. The van der Waals surface area contributed by atoms with Gasteiger partial charge in [0.1, 0.15) is 5.82 Å². The second-order valence-electron chi connectivity index (χ2n) is 6.44. The molecule has 1 atom stereocenters. The largest absolute Gasteiger partial charge is 0.363 e. The van der Waals surface area contributed by atoms with Crippen molar-refractivity contribution in [2.75, 3.05) is 50.1 Å². The van der Waals surface area contributed by atoms with Crippen LogP contribution in [0, 0.1) is 13.8 Å². The fourth-order valence-corrected chi connectivity index (χ4v) is 2.86.